The molecule has 116 valence electrons. The average molecular weight is 330 g/mol. The molecule has 1 aliphatic rings. The first kappa shape index (κ1) is 16.3. The van der Waals surface area contributed by atoms with E-state index in [9.17, 15) is 13.2 Å². The minimum absolute atomic E-state index is 0.0323. The maximum absolute atomic E-state index is 12.4. The number of benzene rings is 1. The number of hydrogen-bond acceptors (Lipinski definition) is 3. The number of carbonyl (C=O) groups is 1. The lowest BCUT2D eigenvalue weighted by molar-refractivity contribution is 0.0926. The van der Waals surface area contributed by atoms with Gasteiger partial charge in [0.05, 0.1) is 4.90 Å². The van der Waals surface area contributed by atoms with Gasteiger partial charge < -0.3 is 5.32 Å². The third-order valence-corrected chi connectivity index (χ3v) is 5.28. The first-order chi connectivity index (χ1) is 9.91. The summed E-state index contributed by atoms with van der Waals surface area (Å²) in [5.74, 6) is -0.207. The molecular weight excluding hydrogens is 310 g/mol. The molecule has 6 heteroatoms. The highest BCUT2D eigenvalue weighted by Crippen LogP contribution is 2.22. The topological polar surface area (TPSA) is 63.2 Å². The molecule has 0 saturated heterocycles. The van der Waals surface area contributed by atoms with Gasteiger partial charge in [-0.2, -0.15) is 0 Å². The number of carbonyl (C=O) groups excluding carboxylic acids is 1. The Hall–Kier alpha value is -1.07. The lowest BCUT2D eigenvalue weighted by atomic mass is 9.95. The van der Waals surface area contributed by atoms with Crippen LogP contribution in [0, 0.1) is 0 Å². The summed E-state index contributed by atoms with van der Waals surface area (Å²) in [5.41, 5.74) is 1.23. The van der Waals surface area contributed by atoms with Crippen molar-refractivity contribution in [3.8, 4) is 0 Å². The Morgan fingerprint density at radius 3 is 2.52 bits per heavy atom. The molecule has 0 atom stereocenters. The van der Waals surface area contributed by atoms with E-state index in [1.807, 2.05) is 6.92 Å². The molecule has 0 aliphatic heterocycles. The highest BCUT2D eigenvalue weighted by molar-refractivity contribution is 8.13. The van der Waals surface area contributed by atoms with E-state index in [0.717, 1.165) is 31.2 Å². The molecule has 0 spiro atoms. The molecule has 2 rings (SSSR count). The van der Waals surface area contributed by atoms with Crippen LogP contribution in [0.3, 0.4) is 0 Å². The predicted octanol–water partition coefficient (Wildman–Crippen LogP) is 3.24. The number of nitrogens with one attached hydrogen (secondary N) is 1. The maximum atomic E-state index is 12.4. The van der Waals surface area contributed by atoms with Crippen LogP contribution in [-0.2, 0) is 15.5 Å². The fourth-order valence-electron chi connectivity index (χ4n) is 2.74. The van der Waals surface area contributed by atoms with E-state index in [2.05, 4.69) is 5.32 Å². The van der Waals surface area contributed by atoms with Crippen LogP contribution < -0.4 is 5.32 Å². The Labute approximate surface area is 130 Å². The summed E-state index contributed by atoms with van der Waals surface area (Å²) in [4.78, 5) is 12.4. The van der Waals surface area contributed by atoms with Gasteiger partial charge in [-0.1, -0.05) is 32.3 Å². The van der Waals surface area contributed by atoms with Crippen LogP contribution in [0.4, 0.5) is 0 Å². The van der Waals surface area contributed by atoms with Gasteiger partial charge in [-0.15, -0.1) is 0 Å². The second kappa shape index (κ2) is 6.79. The Morgan fingerprint density at radius 1 is 1.29 bits per heavy atom. The van der Waals surface area contributed by atoms with Crippen molar-refractivity contribution < 1.29 is 13.2 Å². The van der Waals surface area contributed by atoms with Crippen molar-refractivity contribution in [2.45, 2.75) is 56.4 Å². The molecule has 1 fully saturated rings. The lowest BCUT2D eigenvalue weighted by Crippen LogP contribution is -2.36. The van der Waals surface area contributed by atoms with Gasteiger partial charge in [-0.25, -0.2) is 8.42 Å². The third kappa shape index (κ3) is 4.20. The van der Waals surface area contributed by atoms with Crippen LogP contribution in [0.1, 0.15) is 54.9 Å². The monoisotopic (exact) mass is 329 g/mol. The highest BCUT2D eigenvalue weighted by Gasteiger charge is 2.20. The molecule has 1 N–H and O–H groups in total. The van der Waals surface area contributed by atoms with Crippen LogP contribution in [0.15, 0.2) is 23.1 Å². The summed E-state index contributed by atoms with van der Waals surface area (Å²) in [6, 6.07) is 4.66. The first-order valence-corrected chi connectivity index (χ1v) is 9.61. The Balaban J connectivity index is 2.25. The van der Waals surface area contributed by atoms with Gasteiger partial charge >= 0.3 is 0 Å². The van der Waals surface area contributed by atoms with Crippen LogP contribution in [0.2, 0.25) is 0 Å². The summed E-state index contributed by atoms with van der Waals surface area (Å²) in [6.07, 6.45) is 6.10. The second-order valence-electron chi connectivity index (χ2n) is 5.42. The van der Waals surface area contributed by atoms with Crippen molar-refractivity contribution in [3.05, 3.63) is 29.3 Å². The quantitative estimate of drug-likeness (QED) is 0.862. The average Bonchev–Trinajstić information content (AvgIpc) is 2.46. The standard InChI is InChI=1S/C15H20ClNO3S/c1-2-11-8-9-13(21(16,19)20)10-14(11)15(18)17-12-6-4-3-5-7-12/h8-10,12H,2-7H2,1H3,(H,17,18). The summed E-state index contributed by atoms with van der Waals surface area (Å²) in [7, 11) is 1.54. The smallest absolute Gasteiger partial charge is 0.261 e. The number of amides is 1. The summed E-state index contributed by atoms with van der Waals surface area (Å²) < 4.78 is 22.9. The first-order valence-electron chi connectivity index (χ1n) is 7.30. The van der Waals surface area contributed by atoms with E-state index in [1.165, 1.54) is 18.6 Å². The van der Waals surface area contributed by atoms with E-state index >= 15 is 0 Å². The zero-order chi connectivity index (χ0) is 15.5. The normalized spacial score (nSPS) is 16.7. The predicted molar refractivity (Wildman–Crippen MR) is 83.2 cm³/mol. The molecule has 0 unspecified atom stereocenters. The van der Waals surface area contributed by atoms with E-state index in [-0.39, 0.29) is 16.8 Å². The highest BCUT2D eigenvalue weighted by atomic mass is 35.7. The molecule has 4 nitrogen and oxygen atoms in total. The van der Waals surface area contributed by atoms with Crippen LogP contribution >= 0.6 is 10.7 Å². The molecule has 1 amide bonds. The maximum Gasteiger partial charge on any atom is 0.261 e. The van der Waals surface area contributed by atoms with E-state index in [1.54, 1.807) is 6.07 Å². The largest absolute Gasteiger partial charge is 0.349 e. The van der Waals surface area contributed by atoms with Crippen molar-refractivity contribution in [3.63, 3.8) is 0 Å². The molecule has 1 aromatic carbocycles. The van der Waals surface area contributed by atoms with Gasteiger partial charge in [0, 0.05) is 22.3 Å². The van der Waals surface area contributed by atoms with E-state index < -0.39 is 9.05 Å². The van der Waals surface area contributed by atoms with Crippen molar-refractivity contribution in [2.24, 2.45) is 0 Å². The molecule has 0 bridgehead atoms. The van der Waals surface area contributed by atoms with E-state index in [0.29, 0.717) is 12.0 Å². The SMILES string of the molecule is CCc1ccc(S(=O)(=O)Cl)cc1C(=O)NC1CCCCC1. The third-order valence-electron chi connectivity index (χ3n) is 3.93. The number of hydrogen-bond donors (Lipinski definition) is 1. The van der Waals surface area contributed by atoms with Crippen molar-refractivity contribution in [1.29, 1.82) is 0 Å². The van der Waals surface area contributed by atoms with Crippen molar-refractivity contribution in [1.82, 2.24) is 5.32 Å². The molecule has 0 aromatic heterocycles. The van der Waals surface area contributed by atoms with E-state index in [4.69, 9.17) is 10.7 Å². The fraction of sp³-hybridized carbons (Fsp3) is 0.533. The van der Waals surface area contributed by atoms with Gasteiger partial charge in [-0.3, -0.25) is 4.79 Å². The molecule has 21 heavy (non-hydrogen) atoms. The fourth-order valence-corrected chi connectivity index (χ4v) is 3.51. The van der Waals surface area contributed by atoms with Gasteiger partial charge in [0.2, 0.25) is 0 Å². The molecule has 0 radical (unpaired) electrons. The second-order valence-corrected chi connectivity index (χ2v) is 7.98. The Morgan fingerprint density at radius 2 is 1.95 bits per heavy atom. The minimum atomic E-state index is -3.82. The molecular formula is C15H20ClNO3S. The summed E-state index contributed by atoms with van der Waals surface area (Å²) >= 11 is 0. The van der Waals surface area contributed by atoms with Crippen LogP contribution in [0.25, 0.3) is 0 Å². The van der Waals surface area contributed by atoms with Crippen LogP contribution in [-0.4, -0.2) is 20.4 Å². The minimum Gasteiger partial charge on any atom is -0.349 e. The molecule has 1 saturated carbocycles. The molecule has 1 aromatic rings. The zero-order valence-electron chi connectivity index (χ0n) is 12.1. The van der Waals surface area contributed by atoms with Crippen LogP contribution in [0.5, 0.6) is 0 Å². The lowest BCUT2D eigenvalue weighted by Gasteiger charge is -2.23. The Bertz CT molecular complexity index is 622. The van der Waals surface area contributed by atoms with Crippen molar-refractivity contribution >= 4 is 25.6 Å². The van der Waals surface area contributed by atoms with Gasteiger partial charge in [-0.05, 0) is 37.0 Å². The molecule has 1 aliphatic carbocycles. The number of halogens is 1. The Kier molecular flexibility index (Phi) is 5.27. The van der Waals surface area contributed by atoms with Gasteiger partial charge in [0.15, 0.2) is 0 Å². The van der Waals surface area contributed by atoms with Gasteiger partial charge in [0.25, 0.3) is 15.0 Å². The van der Waals surface area contributed by atoms with Gasteiger partial charge in [0.1, 0.15) is 0 Å². The number of aryl methyl sites for hydroxylation is 1. The van der Waals surface area contributed by atoms with Crippen molar-refractivity contribution in [2.75, 3.05) is 0 Å². The molecule has 0 heterocycles. The summed E-state index contributed by atoms with van der Waals surface area (Å²) in [6.45, 7) is 1.93. The number of rotatable bonds is 4. The summed E-state index contributed by atoms with van der Waals surface area (Å²) in [5, 5.41) is 3.01. The zero-order valence-corrected chi connectivity index (χ0v) is 13.6.